The van der Waals surface area contributed by atoms with Crippen molar-refractivity contribution in [1.29, 1.82) is 0 Å². The van der Waals surface area contributed by atoms with E-state index in [0.29, 0.717) is 16.9 Å². The van der Waals surface area contributed by atoms with E-state index in [1.165, 1.54) is 46.4 Å². The van der Waals surface area contributed by atoms with Crippen molar-refractivity contribution in [2.45, 2.75) is 17.5 Å². The lowest BCUT2D eigenvalue weighted by Gasteiger charge is -2.55. The highest BCUT2D eigenvalue weighted by molar-refractivity contribution is 8.00. The zero-order valence-corrected chi connectivity index (χ0v) is 18.4. The van der Waals surface area contributed by atoms with Gasteiger partial charge in [0.05, 0.1) is 6.42 Å². The third-order valence-corrected chi connectivity index (χ3v) is 8.10. The smallest absolute Gasteiger partial charge is 0.352 e. The monoisotopic (exact) mass is 462 g/mol. The Balaban J connectivity index is 1.62. The van der Waals surface area contributed by atoms with E-state index in [9.17, 15) is 19.5 Å². The number of carboxylic acid groups (broad SMARTS) is 1. The van der Waals surface area contributed by atoms with E-state index in [4.69, 9.17) is 4.74 Å². The largest absolute Gasteiger partial charge is 0.477 e. The lowest BCUT2D eigenvalue weighted by Crippen LogP contribution is -2.80. The maximum Gasteiger partial charge on any atom is 0.352 e. The number of hydrogen-bond acceptors (Lipinski definition) is 7. The number of thioether (sulfide) groups is 1. The van der Waals surface area contributed by atoms with Crippen molar-refractivity contribution in [2.75, 3.05) is 12.9 Å². The fourth-order valence-corrected chi connectivity index (χ4v) is 6.44. The molecule has 0 unspecified atom stereocenters. The number of β-lactam (4-membered cyclic amide) rings is 1. The Morgan fingerprint density at radius 1 is 1.33 bits per heavy atom. The lowest BCUT2D eigenvalue weighted by atomic mass is 9.95. The van der Waals surface area contributed by atoms with Gasteiger partial charge in [0.25, 0.3) is 11.6 Å². The van der Waals surface area contributed by atoms with Gasteiger partial charge < -0.3 is 15.2 Å². The molecule has 2 aliphatic heterocycles. The first kappa shape index (κ1) is 20.9. The van der Waals surface area contributed by atoms with Gasteiger partial charge in [-0.3, -0.25) is 14.5 Å². The third kappa shape index (κ3) is 3.29. The zero-order chi connectivity index (χ0) is 21.5. The molecule has 2 aromatic rings. The summed E-state index contributed by atoms with van der Waals surface area (Å²) in [5, 5.41) is 15.6. The van der Waals surface area contributed by atoms with Crippen LogP contribution in [0.1, 0.15) is 9.75 Å². The van der Waals surface area contributed by atoms with E-state index in [0.717, 1.165) is 9.75 Å². The number of carboxylic acids is 1. The van der Waals surface area contributed by atoms with Crippen LogP contribution in [-0.4, -0.2) is 51.8 Å². The zero-order valence-electron chi connectivity index (χ0n) is 15.9. The van der Waals surface area contributed by atoms with Crippen molar-refractivity contribution in [2.24, 2.45) is 0 Å². The Hall–Kier alpha value is -2.40. The average Bonchev–Trinajstić information content (AvgIpc) is 3.44. The minimum Gasteiger partial charge on any atom is -0.477 e. The van der Waals surface area contributed by atoms with Crippen LogP contribution in [0.3, 0.4) is 0 Å². The number of carbonyl (C=O) groups is 3. The van der Waals surface area contributed by atoms with Crippen molar-refractivity contribution < 1.29 is 24.2 Å². The highest BCUT2D eigenvalue weighted by Crippen LogP contribution is 2.48. The molecule has 0 aliphatic carbocycles. The average molecular weight is 463 g/mol. The van der Waals surface area contributed by atoms with Crippen molar-refractivity contribution >= 4 is 57.8 Å². The molecule has 2 N–H and O–H groups in total. The number of rotatable bonds is 7. The normalized spacial score (nSPS) is 23.0. The van der Waals surface area contributed by atoms with Gasteiger partial charge in [0.2, 0.25) is 5.91 Å². The molecule has 0 radical (unpaired) electrons. The molecule has 0 aromatic carbocycles. The number of aliphatic carboxylic acids is 1. The number of fused-ring (bicyclic) bond motifs is 1. The summed E-state index contributed by atoms with van der Waals surface area (Å²) < 4.78 is 5.46. The van der Waals surface area contributed by atoms with Gasteiger partial charge in [-0.25, -0.2) is 4.79 Å². The summed E-state index contributed by atoms with van der Waals surface area (Å²) in [4.78, 5) is 40.6. The first-order valence-corrected chi connectivity index (χ1v) is 11.7. The van der Waals surface area contributed by atoms with Crippen LogP contribution < -0.4 is 5.32 Å². The highest BCUT2D eigenvalue weighted by atomic mass is 32.2. The molecule has 4 rings (SSSR count). The van der Waals surface area contributed by atoms with Crippen LogP contribution in [0.15, 0.2) is 52.9 Å². The van der Waals surface area contributed by atoms with Crippen LogP contribution in [0.5, 0.6) is 0 Å². The van der Waals surface area contributed by atoms with Crippen LogP contribution in [0, 0.1) is 0 Å². The van der Waals surface area contributed by atoms with Gasteiger partial charge in [-0.05, 0) is 28.5 Å². The Morgan fingerprint density at radius 2 is 2.07 bits per heavy atom. The molecule has 156 valence electrons. The van der Waals surface area contributed by atoms with Gasteiger partial charge >= 0.3 is 5.97 Å². The van der Waals surface area contributed by atoms with Crippen LogP contribution in [0.2, 0.25) is 0 Å². The van der Waals surface area contributed by atoms with Crippen LogP contribution in [-0.2, 0) is 25.5 Å². The molecule has 2 aliphatic rings. The Labute approximate surface area is 185 Å². The van der Waals surface area contributed by atoms with E-state index in [-0.39, 0.29) is 18.0 Å². The van der Waals surface area contributed by atoms with E-state index < -0.39 is 23.0 Å². The SMILES string of the molecule is C=C(C1=C(C(=O)O)N2C(=O)[C@](NC(=O)Cc3cccs3)(OC)[C@H]2SC1)c1cccs1. The Bertz CT molecular complexity index is 1040. The molecule has 0 bridgehead atoms. The maximum absolute atomic E-state index is 13.1. The van der Waals surface area contributed by atoms with Gasteiger partial charge in [-0.2, -0.15) is 0 Å². The number of nitrogens with one attached hydrogen (secondary N) is 1. The van der Waals surface area contributed by atoms with Crippen LogP contribution in [0.4, 0.5) is 0 Å². The molecular formula is C20H18N2O5S3. The van der Waals surface area contributed by atoms with E-state index in [1.54, 1.807) is 0 Å². The Kier molecular flexibility index (Phi) is 5.58. The second kappa shape index (κ2) is 8.03. The predicted octanol–water partition coefficient (Wildman–Crippen LogP) is 2.78. The number of hydrogen-bond donors (Lipinski definition) is 2. The molecule has 7 nitrogen and oxygen atoms in total. The molecule has 2 atom stereocenters. The number of nitrogens with zero attached hydrogens (tertiary/aromatic N) is 1. The fourth-order valence-electron chi connectivity index (χ4n) is 3.53. The van der Waals surface area contributed by atoms with Gasteiger partial charge in [0.15, 0.2) is 0 Å². The molecule has 4 heterocycles. The summed E-state index contributed by atoms with van der Waals surface area (Å²) in [6.07, 6.45) is 0.121. The predicted molar refractivity (Wildman–Crippen MR) is 117 cm³/mol. The van der Waals surface area contributed by atoms with Crippen molar-refractivity contribution in [1.82, 2.24) is 10.2 Å². The Morgan fingerprint density at radius 3 is 2.67 bits per heavy atom. The standard InChI is InChI=1S/C20H18N2O5S3/c1-11(14-6-4-8-29-14)13-10-30-19-20(27-2,18(26)22(19)16(13)17(24)25)21-15(23)9-12-5-3-7-28-12/h3-8,19H,1,9-10H2,2H3,(H,21,23)(H,24,25)/t19-,20+/m1/s1. The van der Waals surface area contributed by atoms with E-state index >= 15 is 0 Å². The van der Waals surface area contributed by atoms with Gasteiger partial charge in [0, 0.05) is 28.2 Å². The van der Waals surface area contributed by atoms with Crippen LogP contribution >= 0.6 is 34.4 Å². The number of amides is 2. The summed E-state index contributed by atoms with van der Waals surface area (Å²) in [6, 6.07) is 7.40. The fraction of sp³-hybridized carbons (Fsp3) is 0.250. The molecule has 2 aromatic heterocycles. The summed E-state index contributed by atoms with van der Waals surface area (Å²) in [7, 11) is 1.34. The second-order valence-corrected chi connectivity index (χ2v) is 9.72. The summed E-state index contributed by atoms with van der Waals surface area (Å²) >= 11 is 4.24. The van der Waals surface area contributed by atoms with Gasteiger partial charge in [0.1, 0.15) is 11.1 Å². The molecular weight excluding hydrogens is 444 g/mol. The summed E-state index contributed by atoms with van der Waals surface area (Å²) in [5.74, 6) is -1.84. The van der Waals surface area contributed by atoms with Gasteiger partial charge in [-0.15, -0.1) is 34.4 Å². The molecule has 1 fully saturated rings. The molecule has 0 spiro atoms. The number of allylic oxidation sites excluding steroid dienone is 1. The molecule has 2 amide bonds. The molecule has 0 saturated carbocycles. The van der Waals surface area contributed by atoms with Crippen molar-refractivity contribution in [3.63, 3.8) is 0 Å². The molecule has 10 heteroatoms. The minimum absolute atomic E-state index is 0.109. The number of carbonyl (C=O) groups excluding carboxylic acids is 2. The molecule has 1 saturated heterocycles. The first-order valence-electron chi connectivity index (χ1n) is 8.92. The number of methoxy groups -OCH3 is 1. The van der Waals surface area contributed by atoms with Crippen molar-refractivity contribution in [3.8, 4) is 0 Å². The summed E-state index contributed by atoms with van der Waals surface area (Å²) in [6.45, 7) is 4.05. The van der Waals surface area contributed by atoms with E-state index in [2.05, 4.69) is 11.9 Å². The molecule has 30 heavy (non-hydrogen) atoms. The maximum atomic E-state index is 13.1. The van der Waals surface area contributed by atoms with Gasteiger partial charge in [-0.1, -0.05) is 18.7 Å². The topological polar surface area (TPSA) is 95.9 Å². The number of ether oxygens (including phenoxy) is 1. The minimum atomic E-state index is -1.59. The highest BCUT2D eigenvalue weighted by Gasteiger charge is 2.66. The lowest BCUT2D eigenvalue weighted by molar-refractivity contribution is -0.192. The van der Waals surface area contributed by atoms with Crippen LogP contribution in [0.25, 0.3) is 5.57 Å². The van der Waals surface area contributed by atoms with Crippen molar-refractivity contribution in [3.05, 3.63) is 62.6 Å². The third-order valence-electron chi connectivity index (χ3n) is 4.98. The first-order chi connectivity index (χ1) is 14.4. The quantitative estimate of drug-likeness (QED) is 0.485. The number of thiophene rings is 2. The second-order valence-electron chi connectivity index (χ2n) is 6.67. The van der Waals surface area contributed by atoms with E-state index in [1.807, 2.05) is 35.0 Å². The summed E-state index contributed by atoms with van der Waals surface area (Å²) in [5.41, 5.74) is -0.621.